The maximum atomic E-state index is 12.7. The number of thioether (sulfide) groups is 1. The third-order valence-electron chi connectivity index (χ3n) is 4.06. The SMILES string of the molecule is CN(C)C(=O)Sc1ccccc1NC(=O)c1ccc2c(=O)n(C)c(=S)[nH]c2c1. The summed E-state index contributed by atoms with van der Waals surface area (Å²) in [6.45, 7) is 0. The van der Waals surface area contributed by atoms with Crippen molar-refractivity contribution in [2.75, 3.05) is 19.4 Å². The zero-order valence-electron chi connectivity index (χ0n) is 15.5. The number of para-hydroxylation sites is 1. The van der Waals surface area contributed by atoms with E-state index in [0.717, 1.165) is 11.8 Å². The predicted octanol–water partition coefficient (Wildman–Crippen LogP) is 3.62. The highest BCUT2D eigenvalue weighted by atomic mass is 32.2. The summed E-state index contributed by atoms with van der Waals surface area (Å²) < 4.78 is 1.62. The van der Waals surface area contributed by atoms with Crippen LogP contribution >= 0.6 is 24.0 Å². The maximum absolute atomic E-state index is 12.7. The first-order valence-corrected chi connectivity index (χ1v) is 9.53. The van der Waals surface area contributed by atoms with Gasteiger partial charge in [-0.15, -0.1) is 0 Å². The number of hydrogen-bond donors (Lipinski definition) is 2. The van der Waals surface area contributed by atoms with E-state index in [0.29, 0.717) is 27.0 Å². The van der Waals surface area contributed by atoms with Crippen molar-refractivity contribution < 1.29 is 9.59 Å². The summed E-state index contributed by atoms with van der Waals surface area (Å²) in [7, 11) is 4.92. The minimum atomic E-state index is -0.354. The number of aromatic amines is 1. The van der Waals surface area contributed by atoms with Crippen LogP contribution in [0.5, 0.6) is 0 Å². The lowest BCUT2D eigenvalue weighted by atomic mass is 10.1. The Kier molecular flexibility index (Phi) is 5.66. The molecule has 2 aromatic carbocycles. The van der Waals surface area contributed by atoms with Crippen molar-refractivity contribution in [3.63, 3.8) is 0 Å². The monoisotopic (exact) mass is 414 g/mol. The van der Waals surface area contributed by atoms with Crippen LogP contribution in [0.4, 0.5) is 10.5 Å². The Labute approximate surface area is 170 Å². The second-order valence-electron chi connectivity index (χ2n) is 6.27. The highest BCUT2D eigenvalue weighted by molar-refractivity contribution is 8.13. The second-order valence-corrected chi connectivity index (χ2v) is 7.65. The molecule has 0 saturated carbocycles. The van der Waals surface area contributed by atoms with Crippen molar-refractivity contribution in [1.29, 1.82) is 0 Å². The van der Waals surface area contributed by atoms with E-state index < -0.39 is 0 Å². The first-order chi connectivity index (χ1) is 13.3. The number of nitrogens with one attached hydrogen (secondary N) is 2. The minimum absolute atomic E-state index is 0.143. The first kappa shape index (κ1) is 19.8. The number of nitrogens with zero attached hydrogens (tertiary/aromatic N) is 2. The van der Waals surface area contributed by atoms with E-state index in [9.17, 15) is 14.4 Å². The molecule has 2 amide bonds. The van der Waals surface area contributed by atoms with Crippen LogP contribution in [-0.4, -0.2) is 39.7 Å². The lowest BCUT2D eigenvalue weighted by molar-refractivity contribution is 0.102. The fraction of sp³-hybridized carbons (Fsp3) is 0.158. The number of H-pyrrole nitrogens is 1. The van der Waals surface area contributed by atoms with Crippen LogP contribution < -0.4 is 10.9 Å². The van der Waals surface area contributed by atoms with Crippen LogP contribution in [0.2, 0.25) is 0 Å². The molecule has 0 fully saturated rings. The molecule has 3 aromatic rings. The number of hydrogen-bond acceptors (Lipinski definition) is 5. The molecule has 3 rings (SSSR count). The molecule has 0 aliphatic carbocycles. The highest BCUT2D eigenvalue weighted by Gasteiger charge is 2.14. The van der Waals surface area contributed by atoms with Gasteiger partial charge in [-0.1, -0.05) is 12.1 Å². The van der Waals surface area contributed by atoms with Gasteiger partial charge in [-0.2, -0.15) is 0 Å². The molecule has 1 heterocycles. The van der Waals surface area contributed by atoms with Gasteiger partial charge in [0.05, 0.1) is 16.6 Å². The van der Waals surface area contributed by atoms with Crippen LogP contribution in [0.25, 0.3) is 10.9 Å². The summed E-state index contributed by atoms with van der Waals surface area (Å²) in [4.78, 5) is 42.0. The molecular weight excluding hydrogens is 396 g/mol. The average Bonchev–Trinajstić information content (AvgIpc) is 2.67. The number of rotatable bonds is 3. The summed E-state index contributed by atoms with van der Waals surface area (Å²) in [6.07, 6.45) is 0. The first-order valence-electron chi connectivity index (χ1n) is 8.30. The molecule has 7 nitrogen and oxygen atoms in total. The van der Waals surface area contributed by atoms with E-state index in [1.807, 2.05) is 0 Å². The molecule has 0 atom stereocenters. The van der Waals surface area contributed by atoms with Crippen molar-refractivity contribution >= 4 is 51.7 Å². The number of carbonyl (C=O) groups excluding carboxylic acids is 2. The summed E-state index contributed by atoms with van der Waals surface area (Å²) >= 11 is 6.16. The Morgan fingerprint density at radius 2 is 1.89 bits per heavy atom. The Morgan fingerprint density at radius 1 is 1.18 bits per heavy atom. The molecule has 144 valence electrons. The number of amides is 2. The normalized spacial score (nSPS) is 10.7. The van der Waals surface area contributed by atoms with Crippen molar-refractivity contribution in [3.05, 3.63) is 63.2 Å². The van der Waals surface area contributed by atoms with Gasteiger partial charge < -0.3 is 15.2 Å². The molecule has 0 bridgehead atoms. The van der Waals surface area contributed by atoms with Crippen molar-refractivity contribution in [3.8, 4) is 0 Å². The number of fused-ring (bicyclic) bond motifs is 1. The van der Waals surface area contributed by atoms with Crippen molar-refractivity contribution in [1.82, 2.24) is 14.5 Å². The highest BCUT2D eigenvalue weighted by Crippen LogP contribution is 2.29. The Bertz CT molecular complexity index is 1200. The Hall–Kier alpha value is -2.91. The number of aromatic nitrogens is 2. The van der Waals surface area contributed by atoms with Crippen LogP contribution in [0, 0.1) is 4.77 Å². The molecule has 0 aliphatic rings. The quantitative estimate of drug-likeness (QED) is 0.505. The Morgan fingerprint density at radius 3 is 2.61 bits per heavy atom. The lowest BCUT2D eigenvalue weighted by Crippen LogP contribution is -2.19. The van der Waals surface area contributed by atoms with Gasteiger partial charge in [-0.25, -0.2) is 0 Å². The predicted molar refractivity (Wildman–Crippen MR) is 114 cm³/mol. The lowest BCUT2D eigenvalue weighted by Gasteiger charge is -2.13. The van der Waals surface area contributed by atoms with Gasteiger partial charge in [0.1, 0.15) is 0 Å². The molecule has 9 heteroatoms. The molecule has 0 radical (unpaired) electrons. The largest absolute Gasteiger partial charge is 0.339 e. The van der Waals surface area contributed by atoms with E-state index in [1.54, 1.807) is 63.6 Å². The van der Waals surface area contributed by atoms with Gasteiger partial charge in [0.25, 0.3) is 16.7 Å². The number of carbonyl (C=O) groups is 2. The molecule has 28 heavy (non-hydrogen) atoms. The summed E-state index contributed by atoms with van der Waals surface area (Å²) in [5, 5.41) is 3.12. The molecule has 0 unspecified atom stereocenters. The van der Waals surface area contributed by atoms with Gasteiger partial charge in [0.15, 0.2) is 4.77 Å². The van der Waals surface area contributed by atoms with Crippen LogP contribution in [-0.2, 0) is 7.05 Å². The summed E-state index contributed by atoms with van der Waals surface area (Å²) in [5.74, 6) is -0.354. The van der Waals surface area contributed by atoms with E-state index in [2.05, 4.69) is 10.3 Å². The van der Waals surface area contributed by atoms with Crippen LogP contribution in [0.3, 0.4) is 0 Å². The van der Waals surface area contributed by atoms with Gasteiger partial charge in [0, 0.05) is 31.6 Å². The van der Waals surface area contributed by atoms with E-state index in [-0.39, 0.29) is 21.5 Å². The molecule has 0 spiro atoms. The molecule has 1 aromatic heterocycles. The van der Waals surface area contributed by atoms with Crippen LogP contribution in [0.1, 0.15) is 10.4 Å². The molecule has 2 N–H and O–H groups in total. The number of benzene rings is 2. The summed E-state index contributed by atoms with van der Waals surface area (Å²) in [6, 6.07) is 11.8. The van der Waals surface area contributed by atoms with Gasteiger partial charge in [-0.05, 0) is 54.3 Å². The van der Waals surface area contributed by atoms with Crippen molar-refractivity contribution in [2.45, 2.75) is 4.90 Å². The third-order valence-corrected chi connectivity index (χ3v) is 5.55. The minimum Gasteiger partial charge on any atom is -0.339 e. The third kappa shape index (κ3) is 4.00. The zero-order valence-corrected chi connectivity index (χ0v) is 17.1. The van der Waals surface area contributed by atoms with E-state index in [1.165, 1.54) is 9.47 Å². The number of anilines is 1. The fourth-order valence-corrected chi connectivity index (χ4v) is 3.43. The topological polar surface area (TPSA) is 87.2 Å². The Balaban J connectivity index is 1.92. The van der Waals surface area contributed by atoms with Crippen molar-refractivity contribution in [2.24, 2.45) is 7.05 Å². The molecule has 0 saturated heterocycles. The molecule has 0 aliphatic heterocycles. The van der Waals surface area contributed by atoms with E-state index >= 15 is 0 Å². The smallest absolute Gasteiger partial charge is 0.286 e. The second kappa shape index (κ2) is 7.99. The van der Waals surface area contributed by atoms with Gasteiger partial charge >= 0.3 is 0 Å². The maximum Gasteiger partial charge on any atom is 0.286 e. The van der Waals surface area contributed by atoms with Gasteiger partial charge in [0.2, 0.25) is 0 Å². The van der Waals surface area contributed by atoms with Crippen LogP contribution in [0.15, 0.2) is 52.2 Å². The summed E-state index contributed by atoms with van der Waals surface area (Å²) in [5.41, 5.74) is 1.16. The molecular formula is C19H18N4O3S2. The fourth-order valence-electron chi connectivity index (χ4n) is 2.49. The average molecular weight is 415 g/mol. The zero-order chi connectivity index (χ0) is 20.4. The van der Waals surface area contributed by atoms with Gasteiger partial charge in [-0.3, -0.25) is 19.0 Å². The van der Waals surface area contributed by atoms with E-state index in [4.69, 9.17) is 12.2 Å². The standard InChI is InChI=1S/C19H18N4O3S2/c1-22(2)19(26)28-15-7-5-4-6-13(15)20-16(24)11-8-9-12-14(10-11)21-18(27)23(3)17(12)25/h4-10H,1-3H3,(H,20,24)(H,21,27).